The molecular formula is C18H24N2O3. The van der Waals surface area contributed by atoms with Gasteiger partial charge >= 0.3 is 0 Å². The van der Waals surface area contributed by atoms with Gasteiger partial charge in [0.15, 0.2) is 5.43 Å². The molecular weight excluding hydrogens is 292 g/mol. The molecule has 23 heavy (non-hydrogen) atoms. The van der Waals surface area contributed by atoms with Crippen LogP contribution >= 0.6 is 0 Å². The number of carbonyl (C=O) groups is 1. The van der Waals surface area contributed by atoms with Gasteiger partial charge in [0.05, 0.1) is 5.52 Å². The molecule has 2 N–H and O–H groups in total. The van der Waals surface area contributed by atoms with Crippen LogP contribution < -0.4 is 10.7 Å². The number of fused-ring (bicyclic) bond motifs is 1. The van der Waals surface area contributed by atoms with Gasteiger partial charge in [-0.1, -0.05) is 32.9 Å². The number of carbonyl (C=O) groups excluding carboxylic acids is 1. The van der Waals surface area contributed by atoms with Crippen molar-refractivity contribution in [2.45, 2.75) is 39.8 Å². The summed E-state index contributed by atoms with van der Waals surface area (Å²) >= 11 is 0. The SMILES string of the molecule is CC(C)(C)C(CCO)NC(=O)Cn1ccc(=O)c2ccccc21. The van der Waals surface area contributed by atoms with E-state index in [9.17, 15) is 14.7 Å². The van der Waals surface area contributed by atoms with Crippen molar-refractivity contribution < 1.29 is 9.90 Å². The van der Waals surface area contributed by atoms with E-state index in [4.69, 9.17) is 0 Å². The quantitative estimate of drug-likeness (QED) is 0.885. The number of aliphatic hydroxyl groups is 1. The Morgan fingerprint density at radius 2 is 1.96 bits per heavy atom. The van der Waals surface area contributed by atoms with Crippen molar-refractivity contribution in [3.63, 3.8) is 0 Å². The molecule has 0 bridgehead atoms. The first kappa shape index (κ1) is 17.2. The predicted octanol–water partition coefficient (Wildman–Crippen LogP) is 1.91. The number of para-hydroxylation sites is 1. The van der Waals surface area contributed by atoms with Gasteiger partial charge in [0.1, 0.15) is 6.54 Å². The summed E-state index contributed by atoms with van der Waals surface area (Å²) in [6.07, 6.45) is 2.16. The normalized spacial score (nSPS) is 13.0. The zero-order valence-electron chi connectivity index (χ0n) is 13.9. The molecule has 0 aliphatic heterocycles. The van der Waals surface area contributed by atoms with Crippen molar-refractivity contribution in [1.82, 2.24) is 9.88 Å². The van der Waals surface area contributed by atoms with Crippen LogP contribution in [0.5, 0.6) is 0 Å². The number of rotatable bonds is 5. The van der Waals surface area contributed by atoms with E-state index in [0.717, 1.165) is 5.52 Å². The van der Waals surface area contributed by atoms with Crippen LogP contribution in [0.1, 0.15) is 27.2 Å². The second-order valence-electron chi connectivity index (χ2n) is 6.82. The number of aliphatic hydroxyl groups excluding tert-OH is 1. The van der Waals surface area contributed by atoms with Crippen LogP contribution in [0.15, 0.2) is 41.3 Å². The van der Waals surface area contributed by atoms with E-state index in [1.54, 1.807) is 16.8 Å². The molecule has 2 rings (SSSR count). The maximum absolute atomic E-state index is 12.4. The van der Waals surface area contributed by atoms with Crippen molar-refractivity contribution in [2.75, 3.05) is 6.61 Å². The fourth-order valence-electron chi connectivity index (χ4n) is 2.64. The number of nitrogens with one attached hydrogen (secondary N) is 1. The molecule has 124 valence electrons. The van der Waals surface area contributed by atoms with Gasteiger partial charge in [-0.2, -0.15) is 0 Å². The van der Waals surface area contributed by atoms with Gasteiger partial charge in [0.25, 0.3) is 0 Å². The Kier molecular flexibility index (Phi) is 5.21. The predicted molar refractivity (Wildman–Crippen MR) is 91.3 cm³/mol. The van der Waals surface area contributed by atoms with Crippen LogP contribution in [-0.4, -0.2) is 28.2 Å². The molecule has 0 aliphatic carbocycles. The van der Waals surface area contributed by atoms with E-state index in [-0.39, 0.29) is 35.9 Å². The first-order valence-corrected chi connectivity index (χ1v) is 7.81. The Hall–Kier alpha value is -2.14. The Morgan fingerprint density at radius 1 is 1.26 bits per heavy atom. The van der Waals surface area contributed by atoms with Gasteiger partial charge < -0.3 is 15.0 Å². The monoisotopic (exact) mass is 316 g/mol. The molecule has 5 nitrogen and oxygen atoms in total. The maximum Gasteiger partial charge on any atom is 0.240 e. The zero-order valence-corrected chi connectivity index (χ0v) is 13.9. The number of amides is 1. The Bertz CT molecular complexity index is 744. The van der Waals surface area contributed by atoms with Gasteiger partial charge in [-0.15, -0.1) is 0 Å². The fraction of sp³-hybridized carbons (Fsp3) is 0.444. The van der Waals surface area contributed by atoms with Crippen LogP contribution in [0.25, 0.3) is 10.9 Å². The summed E-state index contributed by atoms with van der Waals surface area (Å²) < 4.78 is 1.77. The number of hydrogen-bond acceptors (Lipinski definition) is 3. The van der Waals surface area contributed by atoms with Crippen molar-refractivity contribution in [1.29, 1.82) is 0 Å². The Labute approximate surface area is 135 Å². The van der Waals surface area contributed by atoms with E-state index in [2.05, 4.69) is 5.32 Å². The first-order chi connectivity index (χ1) is 10.8. The molecule has 1 unspecified atom stereocenters. The summed E-state index contributed by atoms with van der Waals surface area (Å²) in [6, 6.07) is 8.62. The zero-order chi connectivity index (χ0) is 17.0. The summed E-state index contributed by atoms with van der Waals surface area (Å²) in [5.74, 6) is -0.132. The molecule has 0 saturated carbocycles. The van der Waals surface area contributed by atoms with Gasteiger partial charge in [0.2, 0.25) is 5.91 Å². The fourth-order valence-corrected chi connectivity index (χ4v) is 2.64. The smallest absolute Gasteiger partial charge is 0.240 e. The molecule has 1 aromatic carbocycles. The number of pyridine rings is 1. The minimum absolute atomic E-state index is 0.0309. The van der Waals surface area contributed by atoms with Gasteiger partial charge in [0, 0.05) is 30.3 Å². The van der Waals surface area contributed by atoms with Crippen LogP contribution in [0.3, 0.4) is 0 Å². The lowest BCUT2D eigenvalue weighted by molar-refractivity contribution is -0.123. The lowest BCUT2D eigenvalue weighted by Gasteiger charge is -2.31. The second-order valence-corrected chi connectivity index (χ2v) is 6.82. The molecule has 1 atom stereocenters. The number of aromatic nitrogens is 1. The summed E-state index contributed by atoms with van der Waals surface area (Å²) in [5, 5.41) is 12.8. The Morgan fingerprint density at radius 3 is 2.61 bits per heavy atom. The second kappa shape index (κ2) is 6.96. The highest BCUT2D eigenvalue weighted by molar-refractivity contribution is 5.82. The largest absolute Gasteiger partial charge is 0.396 e. The summed E-state index contributed by atoms with van der Waals surface area (Å²) in [6.45, 7) is 6.26. The van der Waals surface area contributed by atoms with E-state index < -0.39 is 0 Å². The standard InChI is InChI=1S/C18H24N2O3/c1-18(2,3)16(9-11-21)19-17(23)12-20-10-8-15(22)13-6-4-5-7-14(13)20/h4-8,10,16,21H,9,11-12H2,1-3H3,(H,19,23). The molecule has 0 spiro atoms. The van der Waals surface area contributed by atoms with E-state index in [1.807, 2.05) is 39.0 Å². The third-order valence-electron chi connectivity index (χ3n) is 4.00. The highest BCUT2D eigenvalue weighted by atomic mass is 16.3. The average Bonchev–Trinajstić information content (AvgIpc) is 2.49. The molecule has 1 aromatic heterocycles. The summed E-state index contributed by atoms with van der Waals surface area (Å²) in [7, 11) is 0. The molecule has 0 saturated heterocycles. The third kappa shape index (κ3) is 4.20. The number of nitrogens with zero attached hydrogens (tertiary/aromatic N) is 1. The van der Waals surface area contributed by atoms with Crippen LogP contribution in [-0.2, 0) is 11.3 Å². The highest BCUT2D eigenvalue weighted by Gasteiger charge is 2.25. The lowest BCUT2D eigenvalue weighted by atomic mass is 9.85. The molecule has 0 radical (unpaired) electrons. The topological polar surface area (TPSA) is 71.3 Å². The summed E-state index contributed by atoms with van der Waals surface area (Å²) in [5.41, 5.74) is 0.555. The van der Waals surface area contributed by atoms with Crippen LogP contribution in [0.2, 0.25) is 0 Å². The highest BCUT2D eigenvalue weighted by Crippen LogP contribution is 2.21. The van der Waals surface area contributed by atoms with Crippen molar-refractivity contribution in [3.05, 3.63) is 46.8 Å². The minimum atomic E-state index is -0.135. The van der Waals surface area contributed by atoms with E-state index in [1.165, 1.54) is 6.07 Å². The molecule has 0 aliphatic rings. The van der Waals surface area contributed by atoms with Crippen molar-refractivity contribution in [3.8, 4) is 0 Å². The number of benzene rings is 1. The van der Waals surface area contributed by atoms with Gasteiger partial charge in [-0.3, -0.25) is 9.59 Å². The molecule has 5 heteroatoms. The molecule has 1 amide bonds. The summed E-state index contributed by atoms with van der Waals surface area (Å²) in [4.78, 5) is 24.3. The van der Waals surface area contributed by atoms with Crippen LogP contribution in [0.4, 0.5) is 0 Å². The van der Waals surface area contributed by atoms with Gasteiger partial charge in [-0.25, -0.2) is 0 Å². The van der Waals surface area contributed by atoms with Crippen molar-refractivity contribution >= 4 is 16.8 Å². The minimum Gasteiger partial charge on any atom is -0.396 e. The van der Waals surface area contributed by atoms with E-state index in [0.29, 0.717) is 11.8 Å². The maximum atomic E-state index is 12.4. The third-order valence-corrected chi connectivity index (χ3v) is 4.00. The van der Waals surface area contributed by atoms with Crippen LogP contribution in [0, 0.1) is 5.41 Å². The lowest BCUT2D eigenvalue weighted by Crippen LogP contribution is -2.45. The van der Waals surface area contributed by atoms with Crippen molar-refractivity contribution in [2.24, 2.45) is 5.41 Å². The molecule has 0 fully saturated rings. The van der Waals surface area contributed by atoms with E-state index >= 15 is 0 Å². The molecule has 1 heterocycles. The van der Waals surface area contributed by atoms with Gasteiger partial charge in [-0.05, 0) is 24.0 Å². The average molecular weight is 316 g/mol. The number of hydrogen-bond donors (Lipinski definition) is 2. The molecule has 2 aromatic rings. The first-order valence-electron chi connectivity index (χ1n) is 7.81. The Balaban J connectivity index is 2.21.